The van der Waals surface area contributed by atoms with Crippen LogP contribution in [0.15, 0.2) is 24.3 Å². The van der Waals surface area contributed by atoms with Crippen LogP contribution in [0.5, 0.6) is 5.75 Å². The zero-order chi connectivity index (χ0) is 12.2. The number of benzene rings is 1. The minimum absolute atomic E-state index is 0.432. The van der Waals surface area contributed by atoms with E-state index >= 15 is 0 Å². The molecule has 1 unspecified atom stereocenters. The van der Waals surface area contributed by atoms with Gasteiger partial charge >= 0.3 is 0 Å². The molecule has 0 aromatic heterocycles. The molecular weight excluding hydrogens is 242 g/mol. The maximum Gasteiger partial charge on any atom is 0.123 e. The zero-order valence-corrected chi connectivity index (χ0v) is 11.5. The van der Waals surface area contributed by atoms with E-state index in [1.165, 1.54) is 36.3 Å². The molecule has 2 heterocycles. The quantitative estimate of drug-likeness (QED) is 0.905. The Hall–Kier alpha value is -0.670. The van der Waals surface area contributed by atoms with Crippen LogP contribution in [0, 0.1) is 0 Å². The van der Waals surface area contributed by atoms with E-state index in [0.717, 1.165) is 18.8 Å². The third-order valence-corrected chi connectivity index (χ3v) is 4.93. The van der Waals surface area contributed by atoms with Crippen molar-refractivity contribution >= 4 is 11.8 Å². The lowest BCUT2D eigenvalue weighted by molar-refractivity contribution is 0.190. The molecule has 3 heteroatoms. The Morgan fingerprint density at radius 2 is 1.94 bits per heavy atom. The minimum atomic E-state index is 0.432. The third kappa shape index (κ3) is 2.83. The molecule has 0 bridgehead atoms. The molecule has 2 fully saturated rings. The summed E-state index contributed by atoms with van der Waals surface area (Å²) < 4.78 is 6.26. The highest BCUT2D eigenvalue weighted by Crippen LogP contribution is 2.32. The summed E-state index contributed by atoms with van der Waals surface area (Å²) in [5.74, 6) is 4.26. The van der Waals surface area contributed by atoms with Gasteiger partial charge in [-0.3, -0.25) is 0 Å². The van der Waals surface area contributed by atoms with E-state index in [4.69, 9.17) is 4.74 Å². The molecule has 98 valence electrons. The van der Waals surface area contributed by atoms with E-state index in [1.807, 2.05) is 11.8 Å². The fourth-order valence-electron chi connectivity index (χ4n) is 2.82. The van der Waals surface area contributed by atoms with Crippen LogP contribution in [0.25, 0.3) is 0 Å². The van der Waals surface area contributed by atoms with Crippen LogP contribution < -0.4 is 10.1 Å². The minimum Gasteiger partial charge on any atom is -0.490 e. The second-order valence-corrected chi connectivity index (χ2v) is 6.38. The second kappa shape index (κ2) is 5.98. The average molecular weight is 263 g/mol. The normalized spacial score (nSPS) is 25.2. The average Bonchev–Trinajstić information content (AvgIpc) is 2.94. The fourth-order valence-corrected chi connectivity index (χ4v) is 3.88. The van der Waals surface area contributed by atoms with E-state index in [0.29, 0.717) is 12.0 Å². The zero-order valence-electron chi connectivity index (χ0n) is 10.7. The summed E-state index contributed by atoms with van der Waals surface area (Å²) in [6.45, 7) is 2.24. The molecule has 1 atom stereocenters. The summed E-state index contributed by atoms with van der Waals surface area (Å²) in [6, 6.07) is 8.62. The molecule has 0 amide bonds. The van der Waals surface area contributed by atoms with Gasteiger partial charge in [-0.2, -0.15) is 11.8 Å². The molecule has 1 aromatic carbocycles. The lowest BCUT2D eigenvalue weighted by atomic mass is 9.97. The van der Waals surface area contributed by atoms with Crippen molar-refractivity contribution in [2.24, 2.45) is 0 Å². The van der Waals surface area contributed by atoms with Crippen molar-refractivity contribution in [3.05, 3.63) is 29.8 Å². The van der Waals surface area contributed by atoms with Gasteiger partial charge in [-0.15, -0.1) is 0 Å². The predicted molar refractivity (Wildman–Crippen MR) is 77.6 cm³/mol. The van der Waals surface area contributed by atoms with Crippen molar-refractivity contribution in [3.8, 4) is 5.75 Å². The molecule has 2 saturated heterocycles. The maximum atomic E-state index is 6.26. The van der Waals surface area contributed by atoms with Gasteiger partial charge in [0.15, 0.2) is 0 Å². The second-order valence-electron chi connectivity index (χ2n) is 5.16. The van der Waals surface area contributed by atoms with Gasteiger partial charge in [0.05, 0.1) is 0 Å². The van der Waals surface area contributed by atoms with E-state index in [2.05, 4.69) is 29.6 Å². The number of hydrogen-bond acceptors (Lipinski definition) is 3. The largest absolute Gasteiger partial charge is 0.490 e. The molecule has 1 N–H and O–H groups in total. The maximum absolute atomic E-state index is 6.26. The molecular formula is C15H21NOS. The van der Waals surface area contributed by atoms with Gasteiger partial charge in [0.1, 0.15) is 11.9 Å². The Kier molecular flexibility index (Phi) is 4.11. The van der Waals surface area contributed by atoms with Crippen LogP contribution in [-0.4, -0.2) is 30.7 Å². The number of ether oxygens (including phenoxy) is 1. The van der Waals surface area contributed by atoms with Gasteiger partial charge in [-0.25, -0.2) is 0 Å². The van der Waals surface area contributed by atoms with Crippen molar-refractivity contribution in [1.82, 2.24) is 5.32 Å². The lowest BCUT2D eigenvalue weighted by Gasteiger charge is -2.25. The van der Waals surface area contributed by atoms with Gasteiger partial charge in [0.2, 0.25) is 0 Å². The topological polar surface area (TPSA) is 21.3 Å². The Morgan fingerprint density at radius 3 is 2.72 bits per heavy atom. The molecule has 0 radical (unpaired) electrons. The van der Waals surface area contributed by atoms with E-state index in [-0.39, 0.29) is 0 Å². The standard InChI is InChI=1S/C15H21NOS/c1-2-4-15(17-13-6-9-18-10-7-13)14(3-1)12-5-8-16-11-12/h1-4,12-13,16H,5-11H2. The van der Waals surface area contributed by atoms with Gasteiger partial charge in [-0.05, 0) is 48.9 Å². The molecule has 0 spiro atoms. The lowest BCUT2D eigenvalue weighted by Crippen LogP contribution is -2.23. The highest BCUT2D eigenvalue weighted by atomic mass is 32.2. The van der Waals surface area contributed by atoms with Gasteiger partial charge in [0, 0.05) is 12.5 Å². The summed E-state index contributed by atoms with van der Waals surface area (Å²) >= 11 is 2.05. The van der Waals surface area contributed by atoms with Gasteiger partial charge < -0.3 is 10.1 Å². The molecule has 0 saturated carbocycles. The summed E-state index contributed by atoms with van der Waals surface area (Å²) in [5.41, 5.74) is 1.40. The number of nitrogens with one attached hydrogen (secondary N) is 1. The van der Waals surface area contributed by atoms with Crippen LogP contribution in [0.2, 0.25) is 0 Å². The molecule has 18 heavy (non-hydrogen) atoms. The highest BCUT2D eigenvalue weighted by molar-refractivity contribution is 7.99. The summed E-state index contributed by atoms with van der Waals surface area (Å²) in [5, 5.41) is 3.44. The molecule has 3 rings (SSSR count). The monoisotopic (exact) mass is 263 g/mol. The van der Waals surface area contributed by atoms with Crippen LogP contribution in [0.3, 0.4) is 0 Å². The SMILES string of the molecule is c1ccc(C2CCNC2)c(OC2CCSCC2)c1. The van der Waals surface area contributed by atoms with Crippen LogP contribution in [0.1, 0.15) is 30.7 Å². The summed E-state index contributed by atoms with van der Waals surface area (Å²) in [7, 11) is 0. The Balaban J connectivity index is 1.73. The van der Waals surface area contributed by atoms with Crippen LogP contribution >= 0.6 is 11.8 Å². The smallest absolute Gasteiger partial charge is 0.123 e. The third-order valence-electron chi connectivity index (χ3n) is 3.88. The first-order valence-corrected chi connectivity index (χ1v) is 8.13. The van der Waals surface area contributed by atoms with E-state index in [9.17, 15) is 0 Å². The van der Waals surface area contributed by atoms with Crippen molar-refractivity contribution in [3.63, 3.8) is 0 Å². The molecule has 2 aliphatic rings. The first kappa shape index (κ1) is 12.4. The van der Waals surface area contributed by atoms with E-state index < -0.39 is 0 Å². The van der Waals surface area contributed by atoms with E-state index in [1.54, 1.807) is 0 Å². The first-order valence-electron chi connectivity index (χ1n) is 6.97. The summed E-state index contributed by atoms with van der Waals surface area (Å²) in [6.07, 6.45) is 4.06. The van der Waals surface area contributed by atoms with Gasteiger partial charge in [-0.1, -0.05) is 18.2 Å². The van der Waals surface area contributed by atoms with Crippen molar-refractivity contribution < 1.29 is 4.74 Å². The molecule has 2 nitrogen and oxygen atoms in total. The summed E-state index contributed by atoms with van der Waals surface area (Å²) in [4.78, 5) is 0. The van der Waals surface area contributed by atoms with Crippen LogP contribution in [0.4, 0.5) is 0 Å². The van der Waals surface area contributed by atoms with Crippen molar-refractivity contribution in [1.29, 1.82) is 0 Å². The first-order chi connectivity index (χ1) is 8.93. The molecule has 0 aliphatic carbocycles. The molecule has 2 aliphatic heterocycles. The Morgan fingerprint density at radius 1 is 1.11 bits per heavy atom. The predicted octanol–water partition coefficient (Wildman–Crippen LogP) is 3.04. The van der Waals surface area contributed by atoms with Crippen molar-refractivity contribution in [2.75, 3.05) is 24.6 Å². The number of rotatable bonds is 3. The van der Waals surface area contributed by atoms with Gasteiger partial charge in [0.25, 0.3) is 0 Å². The number of thioether (sulfide) groups is 1. The number of hydrogen-bond donors (Lipinski definition) is 1. The fraction of sp³-hybridized carbons (Fsp3) is 0.600. The van der Waals surface area contributed by atoms with Crippen LogP contribution in [-0.2, 0) is 0 Å². The number of para-hydroxylation sites is 1. The molecule has 1 aromatic rings. The highest BCUT2D eigenvalue weighted by Gasteiger charge is 2.22. The Labute approximate surface area is 113 Å². The van der Waals surface area contributed by atoms with Crippen molar-refractivity contribution in [2.45, 2.75) is 31.3 Å². The Bertz CT molecular complexity index is 384.